The van der Waals surface area contributed by atoms with Crippen LogP contribution in [-0.2, 0) is 0 Å². The van der Waals surface area contributed by atoms with Crippen molar-refractivity contribution in [3.05, 3.63) is 46.5 Å². The summed E-state index contributed by atoms with van der Waals surface area (Å²) < 4.78 is 5.84. The highest BCUT2D eigenvalue weighted by molar-refractivity contribution is 7.99. The highest BCUT2D eigenvalue weighted by Gasteiger charge is 2.27. The van der Waals surface area contributed by atoms with Gasteiger partial charge < -0.3 is 4.74 Å². The van der Waals surface area contributed by atoms with Gasteiger partial charge in [-0.2, -0.15) is 0 Å². The van der Waals surface area contributed by atoms with Gasteiger partial charge in [0, 0.05) is 0 Å². The Morgan fingerprint density at radius 2 is 1.27 bits per heavy atom. The quantitative estimate of drug-likeness (QED) is 0.585. The van der Waals surface area contributed by atoms with Crippen molar-refractivity contribution in [2.24, 2.45) is 0 Å². The van der Waals surface area contributed by atoms with E-state index in [2.05, 4.69) is 0 Å². The Morgan fingerprint density at radius 3 is 1.64 bits per heavy atom. The summed E-state index contributed by atoms with van der Waals surface area (Å²) >= 11 is 12.7. The summed E-state index contributed by atoms with van der Waals surface area (Å²) in [5, 5.41) is -1.20. The number of halogens is 2. The number of hydrogen-bond acceptors (Lipinski definition) is 4. The summed E-state index contributed by atoms with van der Waals surface area (Å²) in [6, 6.07) is 7.15. The van der Waals surface area contributed by atoms with Gasteiger partial charge in [0.25, 0.3) is 10.5 Å². The second kappa shape index (κ2) is 5.61. The summed E-state index contributed by atoms with van der Waals surface area (Å²) in [4.78, 5) is 24.8. The third-order valence-corrected chi connectivity index (χ3v) is 4.70. The number of benzene rings is 2. The third kappa shape index (κ3) is 2.62. The van der Waals surface area contributed by atoms with Crippen molar-refractivity contribution in [1.82, 2.24) is 0 Å². The van der Waals surface area contributed by atoms with Gasteiger partial charge in [0.1, 0.15) is 0 Å². The van der Waals surface area contributed by atoms with E-state index >= 15 is 0 Å². The summed E-state index contributed by atoms with van der Waals surface area (Å²) in [6.45, 7) is 3.76. The van der Waals surface area contributed by atoms with Crippen LogP contribution in [0.2, 0.25) is 0 Å². The SMILES string of the molecule is Cc1cc2c(c(C(=O)Cl)c1)Oc1c(cc(C)cc1C(=O)Cl)S2. The van der Waals surface area contributed by atoms with E-state index in [9.17, 15) is 9.59 Å². The lowest BCUT2D eigenvalue weighted by Crippen LogP contribution is -2.06. The van der Waals surface area contributed by atoms with E-state index in [4.69, 9.17) is 27.9 Å². The molecular weight excluding hydrogens is 343 g/mol. The van der Waals surface area contributed by atoms with E-state index in [0.29, 0.717) is 11.5 Å². The standard InChI is InChI=1S/C16H10Cl2O3S/c1-7-3-9(15(17)19)13-11(5-7)22-12-6-8(2)4-10(16(18)20)14(12)21-13/h3-6H,1-2H3. The van der Waals surface area contributed by atoms with Crippen molar-refractivity contribution in [3.63, 3.8) is 0 Å². The van der Waals surface area contributed by atoms with Crippen LogP contribution in [0.3, 0.4) is 0 Å². The lowest BCUT2D eigenvalue weighted by Gasteiger charge is -2.23. The molecule has 3 rings (SSSR count). The van der Waals surface area contributed by atoms with Crippen LogP contribution >= 0.6 is 35.0 Å². The molecule has 2 aromatic rings. The molecule has 0 atom stereocenters. The topological polar surface area (TPSA) is 43.4 Å². The van der Waals surface area contributed by atoms with Gasteiger partial charge in [-0.05, 0) is 72.4 Å². The van der Waals surface area contributed by atoms with E-state index in [1.807, 2.05) is 26.0 Å². The molecule has 2 aromatic carbocycles. The van der Waals surface area contributed by atoms with Crippen molar-refractivity contribution < 1.29 is 14.3 Å². The van der Waals surface area contributed by atoms with Gasteiger partial charge in [-0.15, -0.1) is 0 Å². The number of carbonyl (C=O) groups is 2. The summed E-state index contributed by atoms with van der Waals surface area (Å²) in [5.41, 5.74) is 2.37. The molecule has 0 aliphatic carbocycles. The molecule has 0 amide bonds. The van der Waals surface area contributed by atoms with Gasteiger partial charge in [-0.25, -0.2) is 0 Å². The average molecular weight is 353 g/mol. The minimum atomic E-state index is -0.602. The monoisotopic (exact) mass is 352 g/mol. The van der Waals surface area contributed by atoms with Gasteiger partial charge in [0.15, 0.2) is 11.5 Å². The Morgan fingerprint density at radius 1 is 0.864 bits per heavy atom. The molecule has 0 fully saturated rings. The zero-order chi connectivity index (χ0) is 16.0. The molecule has 1 aliphatic rings. The van der Waals surface area contributed by atoms with Crippen LogP contribution < -0.4 is 4.74 Å². The zero-order valence-corrected chi connectivity index (χ0v) is 14.0. The van der Waals surface area contributed by atoms with Gasteiger partial charge in [0.2, 0.25) is 0 Å². The Kier molecular flexibility index (Phi) is 3.93. The predicted octanol–water partition coefficient (Wildman–Crippen LogP) is 5.32. The number of carbonyl (C=O) groups excluding carboxylic acids is 2. The van der Waals surface area contributed by atoms with Gasteiger partial charge in [-0.1, -0.05) is 11.8 Å². The highest BCUT2D eigenvalue weighted by Crippen LogP contribution is 2.51. The second-order valence-corrected chi connectivity index (χ2v) is 6.80. The van der Waals surface area contributed by atoms with Crippen molar-refractivity contribution in [1.29, 1.82) is 0 Å². The second-order valence-electron chi connectivity index (χ2n) is 5.03. The van der Waals surface area contributed by atoms with Crippen LogP contribution in [0.4, 0.5) is 0 Å². The number of fused-ring (bicyclic) bond motifs is 2. The lowest BCUT2D eigenvalue weighted by atomic mass is 10.1. The van der Waals surface area contributed by atoms with Gasteiger partial charge >= 0.3 is 0 Å². The summed E-state index contributed by atoms with van der Waals surface area (Å²) in [7, 11) is 0. The minimum Gasteiger partial charge on any atom is -0.453 e. The van der Waals surface area contributed by atoms with Crippen LogP contribution in [0.15, 0.2) is 34.1 Å². The molecule has 0 aromatic heterocycles. The summed E-state index contributed by atoms with van der Waals surface area (Å²) in [6.07, 6.45) is 0. The van der Waals surface area contributed by atoms with E-state index in [1.54, 1.807) is 12.1 Å². The maximum Gasteiger partial charge on any atom is 0.256 e. The Hall–Kier alpha value is -1.49. The minimum absolute atomic E-state index is 0.281. The fourth-order valence-corrected chi connectivity index (χ4v) is 3.85. The summed E-state index contributed by atoms with van der Waals surface area (Å²) in [5.74, 6) is 0.734. The maximum absolute atomic E-state index is 11.6. The molecule has 0 bridgehead atoms. The average Bonchev–Trinajstić information content (AvgIpc) is 2.43. The first-order valence-electron chi connectivity index (χ1n) is 6.41. The first-order valence-corrected chi connectivity index (χ1v) is 7.98. The molecule has 0 saturated heterocycles. The van der Waals surface area contributed by atoms with Gasteiger partial charge in [0.05, 0.1) is 20.9 Å². The Bertz CT molecular complexity index is 763. The van der Waals surface area contributed by atoms with E-state index in [-0.39, 0.29) is 11.1 Å². The van der Waals surface area contributed by atoms with Crippen LogP contribution in [-0.4, -0.2) is 10.5 Å². The Balaban J connectivity index is 2.22. The predicted molar refractivity (Wildman–Crippen MR) is 86.9 cm³/mol. The molecule has 112 valence electrons. The smallest absolute Gasteiger partial charge is 0.256 e. The molecule has 1 aliphatic heterocycles. The lowest BCUT2D eigenvalue weighted by molar-refractivity contribution is 0.107. The van der Waals surface area contributed by atoms with E-state index in [0.717, 1.165) is 20.9 Å². The number of hydrogen-bond donors (Lipinski definition) is 0. The molecular formula is C16H10Cl2O3S. The number of ether oxygens (including phenoxy) is 1. The van der Waals surface area contributed by atoms with E-state index < -0.39 is 10.5 Å². The molecule has 0 N–H and O–H groups in total. The number of rotatable bonds is 2. The van der Waals surface area contributed by atoms with Crippen LogP contribution in [0.1, 0.15) is 31.8 Å². The molecule has 0 spiro atoms. The third-order valence-electron chi connectivity index (χ3n) is 3.25. The number of aryl methyl sites for hydroxylation is 2. The molecule has 1 heterocycles. The molecule has 0 radical (unpaired) electrons. The first-order chi connectivity index (χ1) is 10.4. The maximum atomic E-state index is 11.6. The van der Waals surface area contributed by atoms with Crippen molar-refractivity contribution >= 4 is 45.4 Å². The normalized spacial score (nSPS) is 12.2. The van der Waals surface area contributed by atoms with Crippen molar-refractivity contribution in [3.8, 4) is 11.5 Å². The molecule has 6 heteroatoms. The van der Waals surface area contributed by atoms with Crippen LogP contribution in [0.25, 0.3) is 0 Å². The molecule has 22 heavy (non-hydrogen) atoms. The van der Waals surface area contributed by atoms with Gasteiger partial charge in [-0.3, -0.25) is 9.59 Å². The van der Waals surface area contributed by atoms with Crippen molar-refractivity contribution in [2.75, 3.05) is 0 Å². The molecule has 3 nitrogen and oxygen atoms in total. The molecule has 0 saturated carbocycles. The van der Waals surface area contributed by atoms with E-state index in [1.165, 1.54) is 11.8 Å². The molecule has 0 unspecified atom stereocenters. The van der Waals surface area contributed by atoms with Crippen LogP contribution in [0.5, 0.6) is 11.5 Å². The van der Waals surface area contributed by atoms with Crippen molar-refractivity contribution in [2.45, 2.75) is 23.6 Å². The highest BCUT2D eigenvalue weighted by atomic mass is 35.5. The van der Waals surface area contributed by atoms with Crippen LogP contribution in [0, 0.1) is 13.8 Å². The Labute approximate surface area is 141 Å². The fourth-order valence-electron chi connectivity index (χ4n) is 2.35. The largest absolute Gasteiger partial charge is 0.453 e. The zero-order valence-electron chi connectivity index (χ0n) is 11.7. The fraction of sp³-hybridized carbons (Fsp3) is 0.125. The first kappa shape index (κ1) is 15.4.